The average molecular weight is 371 g/mol. The Bertz CT molecular complexity index is 867. The lowest BCUT2D eigenvalue weighted by Crippen LogP contribution is -2.50. The fourth-order valence-corrected chi connectivity index (χ4v) is 3.06. The van der Waals surface area contributed by atoms with Crippen molar-refractivity contribution >= 4 is 28.7 Å². The molecule has 1 aromatic carbocycles. The summed E-state index contributed by atoms with van der Waals surface area (Å²) < 4.78 is 0. The molecule has 1 atom stereocenters. The summed E-state index contributed by atoms with van der Waals surface area (Å²) in [6, 6.07) is 7.00. The van der Waals surface area contributed by atoms with Gasteiger partial charge in [0.05, 0.1) is 5.41 Å². The first-order chi connectivity index (χ1) is 12.8. The zero-order valence-corrected chi connectivity index (χ0v) is 15.5. The van der Waals surface area contributed by atoms with E-state index in [1.54, 1.807) is 13.8 Å². The fraction of sp³-hybridized carbons (Fsp3) is 0.450. The van der Waals surface area contributed by atoms with Crippen LogP contribution in [-0.4, -0.2) is 40.5 Å². The summed E-state index contributed by atoms with van der Waals surface area (Å²) in [5.74, 6) is -1.71. The molecular weight excluding hydrogens is 346 g/mol. The minimum absolute atomic E-state index is 0.0864. The standard InChI is InChI=1S/C20H25N3O4/c1-12(2)17(24)23-16(18(25)22-11-20(7-8-20)19(26)27)9-13-10-21-15-6-4-3-5-14(13)15/h3-6,10,12,16,21H,7-9,11H2,1-2H3,(H,22,25)(H,23,24)(H,26,27). The van der Waals surface area contributed by atoms with Crippen molar-refractivity contribution in [2.24, 2.45) is 11.3 Å². The number of carbonyl (C=O) groups excluding carboxylic acids is 2. The molecule has 7 heteroatoms. The highest BCUT2D eigenvalue weighted by Gasteiger charge is 2.50. The van der Waals surface area contributed by atoms with Crippen LogP contribution in [0.2, 0.25) is 0 Å². The van der Waals surface area contributed by atoms with E-state index in [9.17, 15) is 19.5 Å². The first kappa shape index (κ1) is 18.9. The molecule has 3 rings (SSSR count). The summed E-state index contributed by atoms with van der Waals surface area (Å²) in [4.78, 5) is 39.4. The second-order valence-electron chi connectivity index (χ2n) is 7.58. The van der Waals surface area contributed by atoms with Crippen molar-refractivity contribution in [1.82, 2.24) is 15.6 Å². The number of hydrogen-bond donors (Lipinski definition) is 4. The van der Waals surface area contributed by atoms with Gasteiger partial charge in [-0.25, -0.2) is 0 Å². The van der Waals surface area contributed by atoms with Gasteiger partial charge >= 0.3 is 5.97 Å². The molecule has 1 aliphatic rings. The van der Waals surface area contributed by atoms with Gasteiger partial charge in [-0.1, -0.05) is 32.0 Å². The van der Waals surface area contributed by atoms with E-state index in [0.29, 0.717) is 19.3 Å². The van der Waals surface area contributed by atoms with Crippen LogP contribution in [0.5, 0.6) is 0 Å². The predicted octanol–water partition coefficient (Wildman–Crippen LogP) is 1.83. The third kappa shape index (κ3) is 4.13. The third-order valence-electron chi connectivity index (χ3n) is 5.16. The smallest absolute Gasteiger partial charge is 0.311 e. The predicted molar refractivity (Wildman–Crippen MR) is 101 cm³/mol. The number of benzene rings is 1. The quantitative estimate of drug-likeness (QED) is 0.567. The Morgan fingerprint density at radius 1 is 1.19 bits per heavy atom. The molecule has 0 spiro atoms. The van der Waals surface area contributed by atoms with Crippen LogP contribution in [0.1, 0.15) is 32.3 Å². The van der Waals surface area contributed by atoms with Crippen molar-refractivity contribution in [3.8, 4) is 0 Å². The van der Waals surface area contributed by atoms with Crippen LogP contribution in [0, 0.1) is 11.3 Å². The lowest BCUT2D eigenvalue weighted by molar-refractivity contribution is -0.143. The zero-order chi connectivity index (χ0) is 19.6. The number of nitrogens with one attached hydrogen (secondary N) is 3. The number of rotatable bonds is 8. The van der Waals surface area contributed by atoms with Crippen molar-refractivity contribution < 1.29 is 19.5 Å². The van der Waals surface area contributed by atoms with E-state index in [-0.39, 0.29) is 24.3 Å². The van der Waals surface area contributed by atoms with Crippen LogP contribution in [0.25, 0.3) is 10.9 Å². The Morgan fingerprint density at radius 2 is 1.89 bits per heavy atom. The van der Waals surface area contributed by atoms with Gasteiger partial charge in [-0.3, -0.25) is 14.4 Å². The molecule has 0 aliphatic heterocycles. The summed E-state index contributed by atoms with van der Waals surface area (Å²) in [6.45, 7) is 3.61. The van der Waals surface area contributed by atoms with Crippen LogP contribution in [0.3, 0.4) is 0 Å². The molecule has 1 heterocycles. The molecule has 2 amide bonds. The molecule has 0 bridgehead atoms. The Balaban J connectivity index is 1.75. The molecule has 1 aliphatic carbocycles. The molecule has 144 valence electrons. The molecule has 1 unspecified atom stereocenters. The number of fused-ring (bicyclic) bond motifs is 1. The Hall–Kier alpha value is -2.83. The monoisotopic (exact) mass is 371 g/mol. The largest absolute Gasteiger partial charge is 0.481 e. The van der Waals surface area contributed by atoms with Gasteiger partial charge in [0.15, 0.2) is 0 Å². The molecule has 1 fully saturated rings. The van der Waals surface area contributed by atoms with Crippen LogP contribution < -0.4 is 10.6 Å². The Kier molecular flexibility index (Phi) is 5.21. The lowest BCUT2D eigenvalue weighted by atomic mass is 10.0. The minimum atomic E-state index is -0.887. The van der Waals surface area contributed by atoms with Crippen molar-refractivity contribution in [1.29, 1.82) is 0 Å². The molecular formula is C20H25N3O4. The number of carboxylic acid groups (broad SMARTS) is 1. The van der Waals surface area contributed by atoms with Crippen LogP contribution >= 0.6 is 0 Å². The molecule has 0 radical (unpaired) electrons. The van der Waals surface area contributed by atoms with E-state index in [1.165, 1.54) is 0 Å². The van der Waals surface area contributed by atoms with Gasteiger partial charge in [-0.2, -0.15) is 0 Å². The number of aliphatic carboxylic acids is 1. The van der Waals surface area contributed by atoms with E-state index >= 15 is 0 Å². The SMILES string of the molecule is CC(C)C(=O)NC(Cc1c[nH]c2ccccc12)C(=O)NCC1(C(=O)O)CC1. The maximum atomic E-state index is 12.7. The topological polar surface area (TPSA) is 111 Å². The van der Waals surface area contributed by atoms with Gasteiger partial charge in [0, 0.05) is 36.0 Å². The van der Waals surface area contributed by atoms with Gasteiger partial charge in [-0.05, 0) is 24.5 Å². The summed E-state index contributed by atoms with van der Waals surface area (Å²) in [5.41, 5.74) is 1.04. The summed E-state index contributed by atoms with van der Waals surface area (Å²) >= 11 is 0. The zero-order valence-electron chi connectivity index (χ0n) is 15.5. The first-order valence-corrected chi connectivity index (χ1v) is 9.19. The van der Waals surface area contributed by atoms with Gasteiger partial charge in [-0.15, -0.1) is 0 Å². The fourth-order valence-electron chi connectivity index (χ4n) is 3.06. The van der Waals surface area contributed by atoms with Gasteiger partial charge in [0.2, 0.25) is 11.8 Å². The van der Waals surface area contributed by atoms with Crippen LogP contribution in [0.15, 0.2) is 30.5 Å². The van der Waals surface area contributed by atoms with E-state index < -0.39 is 17.4 Å². The van der Waals surface area contributed by atoms with E-state index in [4.69, 9.17) is 0 Å². The van der Waals surface area contributed by atoms with Crippen molar-refractivity contribution in [2.45, 2.75) is 39.2 Å². The van der Waals surface area contributed by atoms with E-state index in [0.717, 1.165) is 16.5 Å². The lowest BCUT2D eigenvalue weighted by Gasteiger charge is -2.21. The van der Waals surface area contributed by atoms with Crippen LogP contribution in [-0.2, 0) is 20.8 Å². The minimum Gasteiger partial charge on any atom is -0.481 e. The molecule has 4 N–H and O–H groups in total. The number of para-hydroxylation sites is 1. The maximum absolute atomic E-state index is 12.7. The molecule has 7 nitrogen and oxygen atoms in total. The molecule has 2 aromatic rings. The highest BCUT2D eigenvalue weighted by molar-refractivity contribution is 5.90. The average Bonchev–Trinajstić information content (AvgIpc) is 3.34. The number of carboxylic acids is 1. The number of carbonyl (C=O) groups is 3. The number of amides is 2. The first-order valence-electron chi connectivity index (χ1n) is 9.19. The number of H-pyrrole nitrogens is 1. The summed E-state index contributed by atoms with van der Waals surface area (Å²) in [5, 5.41) is 15.8. The highest BCUT2D eigenvalue weighted by Crippen LogP contribution is 2.45. The normalized spacial score (nSPS) is 16.1. The number of aromatic amines is 1. The second-order valence-corrected chi connectivity index (χ2v) is 7.58. The Morgan fingerprint density at radius 3 is 2.52 bits per heavy atom. The highest BCUT2D eigenvalue weighted by atomic mass is 16.4. The van der Waals surface area contributed by atoms with Crippen LogP contribution in [0.4, 0.5) is 0 Å². The Labute approximate surface area is 157 Å². The second kappa shape index (κ2) is 7.42. The van der Waals surface area contributed by atoms with E-state index in [2.05, 4.69) is 15.6 Å². The molecule has 27 heavy (non-hydrogen) atoms. The molecule has 0 saturated heterocycles. The number of aromatic nitrogens is 1. The van der Waals surface area contributed by atoms with Crippen molar-refractivity contribution in [2.75, 3.05) is 6.54 Å². The maximum Gasteiger partial charge on any atom is 0.311 e. The van der Waals surface area contributed by atoms with Gasteiger partial charge < -0.3 is 20.7 Å². The molecule has 1 aromatic heterocycles. The molecule has 1 saturated carbocycles. The van der Waals surface area contributed by atoms with Gasteiger partial charge in [0.25, 0.3) is 0 Å². The third-order valence-corrected chi connectivity index (χ3v) is 5.16. The summed E-state index contributed by atoms with van der Waals surface area (Å²) in [7, 11) is 0. The summed E-state index contributed by atoms with van der Waals surface area (Å²) in [6.07, 6.45) is 3.29. The van der Waals surface area contributed by atoms with Crippen molar-refractivity contribution in [3.63, 3.8) is 0 Å². The van der Waals surface area contributed by atoms with Gasteiger partial charge in [0.1, 0.15) is 6.04 Å². The number of hydrogen-bond acceptors (Lipinski definition) is 3. The van der Waals surface area contributed by atoms with E-state index in [1.807, 2.05) is 30.5 Å². The van der Waals surface area contributed by atoms with Crippen molar-refractivity contribution in [3.05, 3.63) is 36.0 Å².